The molecule has 0 saturated heterocycles. The fourth-order valence-corrected chi connectivity index (χ4v) is 3.48. The SMILES string of the molecule is Cc1ccc(C)c(NS(=O)(=O)c2ccc(Oc3ccccc3)cc2)c1. The topological polar surface area (TPSA) is 55.4 Å². The summed E-state index contributed by atoms with van der Waals surface area (Å²) in [4.78, 5) is 0.189. The molecular formula is C20H19NO3S. The Bertz CT molecular complexity index is 966. The van der Waals surface area contributed by atoms with Crippen LogP contribution in [0.5, 0.6) is 11.5 Å². The molecule has 3 aromatic carbocycles. The van der Waals surface area contributed by atoms with E-state index in [1.165, 1.54) is 12.1 Å². The van der Waals surface area contributed by atoms with E-state index in [2.05, 4.69) is 4.72 Å². The highest BCUT2D eigenvalue weighted by atomic mass is 32.2. The van der Waals surface area contributed by atoms with Crippen molar-refractivity contribution in [3.63, 3.8) is 0 Å². The molecule has 0 heterocycles. The van der Waals surface area contributed by atoms with Crippen molar-refractivity contribution in [1.29, 1.82) is 0 Å². The minimum absolute atomic E-state index is 0.189. The van der Waals surface area contributed by atoms with E-state index in [1.54, 1.807) is 12.1 Å². The highest BCUT2D eigenvalue weighted by Gasteiger charge is 2.15. The fraction of sp³-hybridized carbons (Fsp3) is 0.100. The molecule has 0 aliphatic carbocycles. The first-order valence-electron chi connectivity index (χ1n) is 7.87. The quantitative estimate of drug-likeness (QED) is 0.710. The Kier molecular flexibility index (Phi) is 4.76. The van der Waals surface area contributed by atoms with Crippen molar-refractivity contribution in [1.82, 2.24) is 0 Å². The number of hydrogen-bond acceptors (Lipinski definition) is 3. The number of rotatable bonds is 5. The summed E-state index contributed by atoms with van der Waals surface area (Å²) in [6.07, 6.45) is 0. The van der Waals surface area contributed by atoms with Gasteiger partial charge in [-0.05, 0) is 67.4 Å². The van der Waals surface area contributed by atoms with Crippen molar-refractivity contribution in [2.24, 2.45) is 0 Å². The zero-order valence-electron chi connectivity index (χ0n) is 14.1. The van der Waals surface area contributed by atoms with Gasteiger partial charge in [0.05, 0.1) is 10.6 Å². The second kappa shape index (κ2) is 6.99. The maximum atomic E-state index is 12.6. The van der Waals surface area contributed by atoms with Crippen LogP contribution in [0.2, 0.25) is 0 Å². The average molecular weight is 353 g/mol. The molecule has 0 unspecified atom stereocenters. The average Bonchev–Trinajstić information content (AvgIpc) is 2.59. The van der Waals surface area contributed by atoms with Crippen LogP contribution in [0.3, 0.4) is 0 Å². The highest BCUT2D eigenvalue weighted by Crippen LogP contribution is 2.25. The Morgan fingerprint density at radius 3 is 2.12 bits per heavy atom. The highest BCUT2D eigenvalue weighted by molar-refractivity contribution is 7.92. The van der Waals surface area contributed by atoms with Gasteiger partial charge in [0, 0.05) is 0 Å². The lowest BCUT2D eigenvalue weighted by Crippen LogP contribution is -2.13. The molecule has 0 bridgehead atoms. The molecule has 0 saturated carbocycles. The Balaban J connectivity index is 1.79. The van der Waals surface area contributed by atoms with Gasteiger partial charge < -0.3 is 4.74 Å². The van der Waals surface area contributed by atoms with E-state index in [1.807, 2.05) is 62.4 Å². The monoisotopic (exact) mass is 353 g/mol. The Labute approximate surface area is 148 Å². The first kappa shape index (κ1) is 17.0. The number of ether oxygens (including phenoxy) is 1. The number of anilines is 1. The standard InChI is InChI=1S/C20H19NO3S/c1-15-8-9-16(2)20(14-15)21-25(22,23)19-12-10-18(11-13-19)24-17-6-4-3-5-7-17/h3-14,21H,1-2H3. The molecule has 128 valence electrons. The first-order valence-corrected chi connectivity index (χ1v) is 9.35. The lowest BCUT2D eigenvalue weighted by molar-refractivity contribution is 0.482. The van der Waals surface area contributed by atoms with E-state index in [9.17, 15) is 8.42 Å². The van der Waals surface area contributed by atoms with Crippen LogP contribution in [0.25, 0.3) is 0 Å². The summed E-state index contributed by atoms with van der Waals surface area (Å²) in [5.41, 5.74) is 2.46. The molecule has 0 amide bonds. The van der Waals surface area contributed by atoms with E-state index < -0.39 is 10.0 Å². The van der Waals surface area contributed by atoms with E-state index in [4.69, 9.17) is 4.74 Å². The van der Waals surface area contributed by atoms with Gasteiger partial charge in [-0.15, -0.1) is 0 Å². The second-order valence-electron chi connectivity index (χ2n) is 5.81. The molecule has 4 nitrogen and oxygen atoms in total. The summed E-state index contributed by atoms with van der Waals surface area (Å²) < 4.78 is 33.5. The molecule has 1 N–H and O–H groups in total. The third kappa shape index (κ3) is 4.19. The van der Waals surface area contributed by atoms with Crippen LogP contribution >= 0.6 is 0 Å². The third-order valence-corrected chi connectivity index (χ3v) is 5.13. The molecule has 3 aromatic rings. The molecule has 0 fully saturated rings. The van der Waals surface area contributed by atoms with Crippen LogP contribution < -0.4 is 9.46 Å². The number of hydrogen-bond donors (Lipinski definition) is 1. The number of sulfonamides is 1. The molecule has 0 aromatic heterocycles. The van der Waals surface area contributed by atoms with E-state index in [0.29, 0.717) is 17.2 Å². The Hall–Kier alpha value is -2.79. The van der Waals surface area contributed by atoms with Crippen LogP contribution in [0.1, 0.15) is 11.1 Å². The largest absolute Gasteiger partial charge is 0.457 e. The first-order chi connectivity index (χ1) is 11.9. The summed E-state index contributed by atoms with van der Waals surface area (Å²) in [5, 5.41) is 0. The molecule has 0 aliphatic heterocycles. The van der Waals surface area contributed by atoms with Crippen LogP contribution in [0, 0.1) is 13.8 Å². The fourth-order valence-electron chi connectivity index (χ4n) is 2.36. The van der Waals surface area contributed by atoms with E-state index in [-0.39, 0.29) is 4.90 Å². The second-order valence-corrected chi connectivity index (χ2v) is 7.49. The third-order valence-electron chi connectivity index (χ3n) is 3.75. The Morgan fingerprint density at radius 2 is 1.44 bits per heavy atom. The number of nitrogens with one attached hydrogen (secondary N) is 1. The van der Waals surface area contributed by atoms with Crippen molar-refractivity contribution in [3.05, 3.63) is 83.9 Å². The minimum atomic E-state index is -3.65. The van der Waals surface area contributed by atoms with E-state index in [0.717, 1.165) is 11.1 Å². The summed E-state index contributed by atoms with van der Waals surface area (Å²) in [7, 11) is -3.65. The zero-order chi connectivity index (χ0) is 17.9. The van der Waals surface area contributed by atoms with Gasteiger partial charge in [-0.1, -0.05) is 30.3 Å². The van der Waals surface area contributed by atoms with Crippen LogP contribution in [0.15, 0.2) is 77.7 Å². The van der Waals surface area contributed by atoms with E-state index >= 15 is 0 Å². The van der Waals surface area contributed by atoms with Crippen molar-refractivity contribution in [2.75, 3.05) is 4.72 Å². The van der Waals surface area contributed by atoms with Crippen LogP contribution in [-0.4, -0.2) is 8.42 Å². The predicted octanol–water partition coefficient (Wildman–Crippen LogP) is 4.90. The Morgan fingerprint density at radius 1 is 0.800 bits per heavy atom. The van der Waals surface area contributed by atoms with Crippen molar-refractivity contribution in [2.45, 2.75) is 18.7 Å². The summed E-state index contributed by atoms with van der Waals surface area (Å²) in [6, 6.07) is 21.4. The van der Waals surface area contributed by atoms with Gasteiger partial charge in [0.15, 0.2) is 0 Å². The number of benzene rings is 3. The number of para-hydroxylation sites is 1. The molecule has 0 spiro atoms. The maximum Gasteiger partial charge on any atom is 0.261 e. The lowest BCUT2D eigenvalue weighted by Gasteiger charge is -2.12. The minimum Gasteiger partial charge on any atom is -0.457 e. The molecule has 25 heavy (non-hydrogen) atoms. The van der Waals surface area contributed by atoms with Crippen molar-refractivity contribution < 1.29 is 13.2 Å². The van der Waals surface area contributed by atoms with Crippen LogP contribution in [0.4, 0.5) is 5.69 Å². The van der Waals surface area contributed by atoms with Crippen molar-refractivity contribution in [3.8, 4) is 11.5 Å². The van der Waals surface area contributed by atoms with Crippen LogP contribution in [-0.2, 0) is 10.0 Å². The van der Waals surface area contributed by atoms with Gasteiger partial charge in [0.1, 0.15) is 11.5 Å². The summed E-state index contributed by atoms with van der Waals surface area (Å²) >= 11 is 0. The number of aryl methyl sites for hydroxylation is 2. The van der Waals surface area contributed by atoms with Gasteiger partial charge >= 0.3 is 0 Å². The molecule has 0 atom stereocenters. The van der Waals surface area contributed by atoms with Gasteiger partial charge in [-0.25, -0.2) is 8.42 Å². The maximum absolute atomic E-state index is 12.6. The van der Waals surface area contributed by atoms with Gasteiger partial charge in [0.2, 0.25) is 0 Å². The predicted molar refractivity (Wildman–Crippen MR) is 99.7 cm³/mol. The molecule has 0 radical (unpaired) electrons. The van der Waals surface area contributed by atoms with Crippen molar-refractivity contribution >= 4 is 15.7 Å². The molecule has 3 rings (SSSR count). The molecule has 5 heteroatoms. The summed E-state index contributed by atoms with van der Waals surface area (Å²) in [6.45, 7) is 3.79. The lowest BCUT2D eigenvalue weighted by atomic mass is 10.1. The molecular weight excluding hydrogens is 334 g/mol. The van der Waals surface area contributed by atoms with Gasteiger partial charge in [-0.2, -0.15) is 0 Å². The zero-order valence-corrected chi connectivity index (χ0v) is 14.9. The normalized spacial score (nSPS) is 11.1. The summed E-state index contributed by atoms with van der Waals surface area (Å²) in [5.74, 6) is 1.28. The van der Waals surface area contributed by atoms with Gasteiger partial charge in [0.25, 0.3) is 10.0 Å². The van der Waals surface area contributed by atoms with Gasteiger partial charge in [-0.3, -0.25) is 4.72 Å². The molecule has 0 aliphatic rings. The smallest absolute Gasteiger partial charge is 0.261 e.